The third-order valence-corrected chi connectivity index (χ3v) is 3.88. The predicted molar refractivity (Wildman–Crippen MR) is 85.6 cm³/mol. The van der Waals surface area contributed by atoms with Gasteiger partial charge in [0.2, 0.25) is 0 Å². The maximum Gasteiger partial charge on any atom is 0.129 e. The summed E-state index contributed by atoms with van der Waals surface area (Å²) in [5.74, 6) is -1.03. The standard InChI is InChI=1S/C16H16F2IN/c1-2-20-16(11-4-7-14(19)8-5-11)9-12-3-6-13(17)10-15(12)18/h3-8,10,16,20H,2,9H2,1H3. The molecular formula is C16H16F2IN. The first-order valence-electron chi connectivity index (χ1n) is 6.53. The molecule has 0 radical (unpaired) electrons. The number of rotatable bonds is 5. The van der Waals surface area contributed by atoms with Crippen LogP contribution in [-0.4, -0.2) is 6.54 Å². The highest BCUT2D eigenvalue weighted by molar-refractivity contribution is 14.1. The Morgan fingerprint density at radius 1 is 1.10 bits per heavy atom. The average Bonchev–Trinajstić information content (AvgIpc) is 2.42. The van der Waals surface area contributed by atoms with Crippen LogP contribution in [0.3, 0.4) is 0 Å². The summed E-state index contributed by atoms with van der Waals surface area (Å²) in [6.07, 6.45) is 0.501. The summed E-state index contributed by atoms with van der Waals surface area (Å²) >= 11 is 2.25. The molecule has 106 valence electrons. The van der Waals surface area contributed by atoms with E-state index in [1.54, 1.807) is 0 Å². The smallest absolute Gasteiger partial charge is 0.129 e. The van der Waals surface area contributed by atoms with E-state index in [0.717, 1.165) is 21.7 Å². The zero-order chi connectivity index (χ0) is 14.5. The molecule has 1 N–H and O–H groups in total. The third-order valence-electron chi connectivity index (χ3n) is 3.16. The van der Waals surface area contributed by atoms with Crippen LogP contribution in [0.5, 0.6) is 0 Å². The van der Waals surface area contributed by atoms with Crippen molar-refractivity contribution in [1.29, 1.82) is 0 Å². The number of halogens is 3. The Kier molecular flexibility index (Phi) is 5.48. The van der Waals surface area contributed by atoms with Crippen LogP contribution < -0.4 is 5.32 Å². The second-order valence-electron chi connectivity index (χ2n) is 4.60. The maximum absolute atomic E-state index is 13.8. The number of likely N-dealkylation sites (N-methyl/N-ethyl adjacent to an activating group) is 1. The minimum Gasteiger partial charge on any atom is -0.310 e. The van der Waals surface area contributed by atoms with Gasteiger partial charge in [-0.2, -0.15) is 0 Å². The molecule has 4 heteroatoms. The van der Waals surface area contributed by atoms with Crippen molar-refractivity contribution in [3.05, 3.63) is 68.8 Å². The molecule has 20 heavy (non-hydrogen) atoms. The van der Waals surface area contributed by atoms with Gasteiger partial charge in [0.25, 0.3) is 0 Å². The lowest BCUT2D eigenvalue weighted by molar-refractivity contribution is 0.521. The maximum atomic E-state index is 13.8. The molecule has 1 atom stereocenters. The van der Waals surface area contributed by atoms with Gasteiger partial charge in [-0.1, -0.05) is 25.1 Å². The normalized spacial score (nSPS) is 12.4. The summed E-state index contributed by atoms with van der Waals surface area (Å²) in [6.45, 7) is 2.81. The van der Waals surface area contributed by atoms with Gasteiger partial charge in [-0.25, -0.2) is 8.78 Å². The lowest BCUT2D eigenvalue weighted by atomic mass is 9.98. The highest BCUT2D eigenvalue weighted by atomic mass is 127. The van der Waals surface area contributed by atoms with Gasteiger partial charge in [-0.15, -0.1) is 0 Å². The summed E-state index contributed by atoms with van der Waals surface area (Å²) in [5, 5.41) is 3.35. The van der Waals surface area contributed by atoms with Crippen molar-refractivity contribution in [2.24, 2.45) is 0 Å². The van der Waals surface area contributed by atoms with Crippen LogP contribution in [0.15, 0.2) is 42.5 Å². The van der Waals surface area contributed by atoms with Gasteiger partial charge < -0.3 is 5.32 Å². The molecule has 0 spiro atoms. The molecule has 0 fully saturated rings. The van der Waals surface area contributed by atoms with Crippen molar-refractivity contribution >= 4 is 22.6 Å². The highest BCUT2D eigenvalue weighted by Gasteiger charge is 2.14. The van der Waals surface area contributed by atoms with Crippen molar-refractivity contribution in [2.75, 3.05) is 6.54 Å². The lowest BCUT2D eigenvalue weighted by Crippen LogP contribution is -2.23. The van der Waals surface area contributed by atoms with Gasteiger partial charge >= 0.3 is 0 Å². The van der Waals surface area contributed by atoms with Crippen LogP contribution in [0.2, 0.25) is 0 Å². The molecule has 0 bridgehead atoms. The molecule has 1 nitrogen and oxygen atoms in total. The summed E-state index contributed by atoms with van der Waals surface area (Å²) in [6, 6.07) is 11.9. The molecule has 0 aliphatic heterocycles. The predicted octanol–water partition coefficient (Wildman–Crippen LogP) is 4.46. The topological polar surface area (TPSA) is 12.0 Å². The monoisotopic (exact) mass is 387 g/mol. The molecule has 0 saturated heterocycles. The van der Waals surface area contributed by atoms with E-state index in [-0.39, 0.29) is 6.04 Å². The molecule has 2 aromatic carbocycles. The van der Waals surface area contributed by atoms with Crippen molar-refractivity contribution < 1.29 is 8.78 Å². The Labute approximate surface area is 131 Å². The van der Waals surface area contributed by atoms with Crippen LogP contribution in [0.25, 0.3) is 0 Å². The minimum atomic E-state index is -0.541. The van der Waals surface area contributed by atoms with E-state index in [4.69, 9.17) is 0 Å². The van der Waals surface area contributed by atoms with E-state index < -0.39 is 11.6 Å². The van der Waals surface area contributed by atoms with Gasteiger partial charge in [-0.05, 0) is 64.9 Å². The fourth-order valence-electron chi connectivity index (χ4n) is 2.16. The molecule has 0 saturated carbocycles. The van der Waals surface area contributed by atoms with Crippen LogP contribution in [0.1, 0.15) is 24.1 Å². The lowest BCUT2D eigenvalue weighted by Gasteiger charge is -2.19. The molecule has 2 aromatic rings. The molecule has 0 heterocycles. The summed E-state index contributed by atoms with van der Waals surface area (Å²) in [4.78, 5) is 0. The highest BCUT2D eigenvalue weighted by Crippen LogP contribution is 2.21. The molecule has 0 aromatic heterocycles. The number of hydrogen-bond donors (Lipinski definition) is 1. The van der Waals surface area contributed by atoms with Crippen molar-refractivity contribution in [1.82, 2.24) is 5.32 Å². The van der Waals surface area contributed by atoms with E-state index in [0.29, 0.717) is 12.0 Å². The van der Waals surface area contributed by atoms with E-state index in [2.05, 4.69) is 27.9 Å². The largest absolute Gasteiger partial charge is 0.310 e. The third kappa shape index (κ3) is 3.99. The first-order chi connectivity index (χ1) is 9.60. The Balaban J connectivity index is 2.22. The Hall–Kier alpha value is -1.01. The number of hydrogen-bond acceptors (Lipinski definition) is 1. The van der Waals surface area contributed by atoms with Gasteiger partial charge in [0.1, 0.15) is 11.6 Å². The summed E-state index contributed by atoms with van der Waals surface area (Å²) in [5.41, 5.74) is 1.63. The summed E-state index contributed by atoms with van der Waals surface area (Å²) < 4.78 is 27.9. The fourth-order valence-corrected chi connectivity index (χ4v) is 2.52. The molecule has 2 rings (SSSR count). The second-order valence-corrected chi connectivity index (χ2v) is 5.85. The van der Waals surface area contributed by atoms with Crippen LogP contribution in [-0.2, 0) is 6.42 Å². The van der Waals surface area contributed by atoms with Gasteiger partial charge in [0.15, 0.2) is 0 Å². The second kappa shape index (κ2) is 7.13. The zero-order valence-corrected chi connectivity index (χ0v) is 13.3. The quantitative estimate of drug-likeness (QED) is 0.747. The Morgan fingerprint density at radius 2 is 1.80 bits per heavy atom. The number of benzene rings is 2. The van der Waals surface area contributed by atoms with E-state index >= 15 is 0 Å². The SMILES string of the molecule is CCNC(Cc1ccc(F)cc1F)c1ccc(I)cc1. The molecular weight excluding hydrogens is 371 g/mol. The first kappa shape index (κ1) is 15.4. The van der Waals surface area contributed by atoms with E-state index in [1.807, 2.05) is 31.2 Å². The zero-order valence-electron chi connectivity index (χ0n) is 11.2. The van der Waals surface area contributed by atoms with E-state index in [9.17, 15) is 8.78 Å². The van der Waals surface area contributed by atoms with E-state index in [1.165, 1.54) is 12.1 Å². The minimum absolute atomic E-state index is 0.0250. The molecule has 1 unspecified atom stereocenters. The van der Waals surface area contributed by atoms with Crippen molar-refractivity contribution in [3.63, 3.8) is 0 Å². The van der Waals surface area contributed by atoms with Gasteiger partial charge in [0, 0.05) is 15.7 Å². The first-order valence-corrected chi connectivity index (χ1v) is 7.60. The Morgan fingerprint density at radius 3 is 2.40 bits per heavy atom. The van der Waals surface area contributed by atoms with Gasteiger partial charge in [0.05, 0.1) is 0 Å². The Bertz CT molecular complexity index is 569. The molecule has 0 amide bonds. The summed E-state index contributed by atoms with van der Waals surface area (Å²) in [7, 11) is 0. The van der Waals surface area contributed by atoms with Crippen molar-refractivity contribution in [2.45, 2.75) is 19.4 Å². The molecule has 0 aliphatic carbocycles. The fraction of sp³-hybridized carbons (Fsp3) is 0.250. The van der Waals surface area contributed by atoms with Crippen LogP contribution in [0, 0.1) is 15.2 Å². The number of nitrogens with one attached hydrogen (secondary N) is 1. The van der Waals surface area contributed by atoms with Crippen LogP contribution >= 0.6 is 22.6 Å². The molecule has 0 aliphatic rings. The average molecular weight is 387 g/mol. The van der Waals surface area contributed by atoms with Crippen molar-refractivity contribution in [3.8, 4) is 0 Å². The van der Waals surface area contributed by atoms with Crippen LogP contribution in [0.4, 0.5) is 8.78 Å². The van der Waals surface area contributed by atoms with Gasteiger partial charge in [-0.3, -0.25) is 0 Å².